The molecule has 5 rings (SSSR count). The lowest BCUT2D eigenvalue weighted by Gasteiger charge is -2.39. The van der Waals surface area contributed by atoms with Crippen LogP contribution in [0.2, 0.25) is 5.02 Å². The lowest BCUT2D eigenvalue weighted by atomic mass is 9.80. The van der Waals surface area contributed by atoms with Gasteiger partial charge in [-0.2, -0.15) is 5.26 Å². The van der Waals surface area contributed by atoms with Crippen molar-refractivity contribution in [3.05, 3.63) is 130 Å². The Labute approximate surface area is 320 Å². The van der Waals surface area contributed by atoms with Crippen LogP contribution in [0.3, 0.4) is 0 Å². The molecule has 1 unspecified atom stereocenters. The van der Waals surface area contributed by atoms with E-state index in [0.717, 1.165) is 33.8 Å². The van der Waals surface area contributed by atoms with Crippen molar-refractivity contribution in [3.8, 4) is 17.6 Å². The number of methoxy groups -OCH3 is 2. The van der Waals surface area contributed by atoms with E-state index >= 15 is 0 Å². The highest BCUT2D eigenvalue weighted by atomic mass is 35.5. The molecule has 0 aromatic heterocycles. The van der Waals surface area contributed by atoms with Gasteiger partial charge in [0.05, 0.1) is 53.1 Å². The molecule has 282 valence electrons. The number of rotatable bonds is 19. The molecule has 1 aliphatic rings. The molecule has 1 aliphatic heterocycles. The molecule has 1 fully saturated rings. The monoisotopic (exact) mass is 760 g/mol. The second-order valence-electron chi connectivity index (χ2n) is 13.2. The summed E-state index contributed by atoms with van der Waals surface area (Å²) < 4.78 is 47.0. The van der Waals surface area contributed by atoms with Crippen molar-refractivity contribution in [2.75, 3.05) is 34.0 Å². The molecular formula is C42H50ClN2O7P. The molecule has 4 aromatic rings. The fraction of sp³-hybridized carbons (Fsp3) is 0.405. The Bertz CT molecular complexity index is 1680. The molecule has 0 spiro atoms. The standard InChI is InChI=1S/C42H50ClN2O7P/c1-30(2)45(31(3)4)53(51-26-12-25-44)52-41-39(48-27-32-13-10-11-16-38(32)43)28-49-40(41)29-50-42(33-14-8-7-9-15-33,34-17-21-36(46-5)22-18-34)35-19-23-37(47-6)24-20-35/h7-11,13-24,30-31,39-41H,12,26-29H2,1-6H3/t39-,40+,41-,53?/m0/s1. The molecule has 0 aliphatic carbocycles. The van der Waals surface area contributed by atoms with Crippen LogP contribution in [-0.2, 0) is 35.5 Å². The predicted octanol–water partition coefficient (Wildman–Crippen LogP) is 9.31. The minimum absolute atomic E-state index is 0.110. The molecular weight excluding hydrogens is 711 g/mol. The second kappa shape index (κ2) is 19.7. The molecule has 1 heterocycles. The third-order valence-corrected chi connectivity index (χ3v) is 11.6. The van der Waals surface area contributed by atoms with Gasteiger partial charge in [0.2, 0.25) is 0 Å². The number of nitriles is 1. The maximum atomic E-state index is 9.33. The fourth-order valence-electron chi connectivity index (χ4n) is 6.56. The van der Waals surface area contributed by atoms with Gasteiger partial charge >= 0.3 is 0 Å². The summed E-state index contributed by atoms with van der Waals surface area (Å²) in [6, 6.07) is 36.1. The first-order valence-electron chi connectivity index (χ1n) is 17.9. The van der Waals surface area contributed by atoms with Crippen LogP contribution in [0.5, 0.6) is 11.5 Å². The van der Waals surface area contributed by atoms with Gasteiger partial charge in [-0.1, -0.05) is 84.4 Å². The van der Waals surface area contributed by atoms with Gasteiger partial charge in [0.25, 0.3) is 8.53 Å². The van der Waals surface area contributed by atoms with E-state index in [1.165, 1.54) is 0 Å². The zero-order valence-corrected chi connectivity index (χ0v) is 33.0. The van der Waals surface area contributed by atoms with Crippen molar-refractivity contribution in [1.29, 1.82) is 5.26 Å². The Hall–Kier alpha value is -3.55. The summed E-state index contributed by atoms with van der Waals surface area (Å²) in [5, 5.41) is 9.96. The number of halogens is 1. The van der Waals surface area contributed by atoms with Gasteiger partial charge in [0.15, 0.2) is 0 Å². The van der Waals surface area contributed by atoms with Crippen LogP contribution in [0.15, 0.2) is 103 Å². The largest absolute Gasteiger partial charge is 0.497 e. The van der Waals surface area contributed by atoms with Crippen molar-refractivity contribution in [3.63, 3.8) is 0 Å². The van der Waals surface area contributed by atoms with Crippen LogP contribution in [0.25, 0.3) is 0 Å². The third-order valence-electron chi connectivity index (χ3n) is 9.13. The molecule has 0 amide bonds. The van der Waals surface area contributed by atoms with E-state index in [4.69, 9.17) is 44.3 Å². The second-order valence-corrected chi connectivity index (χ2v) is 15.1. The van der Waals surface area contributed by atoms with Crippen LogP contribution in [0.4, 0.5) is 0 Å². The first-order valence-corrected chi connectivity index (χ1v) is 19.4. The molecule has 4 atom stereocenters. The van der Waals surface area contributed by atoms with E-state index in [1.807, 2.05) is 91.0 Å². The SMILES string of the molecule is COc1ccc(C(OC[C@H]2OC[C@H](OCc3ccccc3Cl)[C@@H]2OP(OCCC#N)N(C(C)C)C(C)C)(c2ccccc2)c2ccc(OC)cc2)cc1. The van der Waals surface area contributed by atoms with Gasteiger partial charge in [-0.15, -0.1) is 0 Å². The van der Waals surface area contributed by atoms with Gasteiger partial charge in [-0.3, -0.25) is 0 Å². The van der Waals surface area contributed by atoms with E-state index in [2.05, 4.69) is 50.6 Å². The lowest BCUT2D eigenvalue weighted by Crippen LogP contribution is -2.42. The maximum absolute atomic E-state index is 9.33. The van der Waals surface area contributed by atoms with E-state index in [0.29, 0.717) is 5.02 Å². The average molecular weight is 761 g/mol. The first kappa shape index (κ1) is 40.6. The van der Waals surface area contributed by atoms with Crippen LogP contribution in [-0.4, -0.2) is 69.1 Å². The van der Waals surface area contributed by atoms with Crippen molar-refractivity contribution < 1.29 is 32.7 Å². The highest BCUT2D eigenvalue weighted by molar-refractivity contribution is 7.44. The molecule has 1 saturated heterocycles. The van der Waals surface area contributed by atoms with Gasteiger partial charge in [-0.05, 0) is 80.3 Å². The van der Waals surface area contributed by atoms with Crippen LogP contribution >= 0.6 is 20.1 Å². The minimum atomic E-state index is -1.62. The van der Waals surface area contributed by atoms with Crippen molar-refractivity contribution in [1.82, 2.24) is 4.67 Å². The Morgan fingerprint density at radius 3 is 1.94 bits per heavy atom. The molecule has 9 nitrogen and oxygen atoms in total. The summed E-state index contributed by atoms with van der Waals surface area (Å²) in [5.41, 5.74) is 2.56. The molecule has 53 heavy (non-hydrogen) atoms. The average Bonchev–Trinajstić information content (AvgIpc) is 3.56. The summed E-state index contributed by atoms with van der Waals surface area (Å²) >= 11 is 6.53. The van der Waals surface area contributed by atoms with Crippen LogP contribution in [0.1, 0.15) is 56.4 Å². The molecule has 0 bridgehead atoms. The zero-order chi connectivity index (χ0) is 37.8. The van der Waals surface area contributed by atoms with Crippen molar-refractivity contribution in [2.24, 2.45) is 0 Å². The first-order chi connectivity index (χ1) is 25.7. The number of hydrogen-bond donors (Lipinski definition) is 0. The summed E-state index contributed by atoms with van der Waals surface area (Å²) in [7, 11) is 1.69. The number of hydrogen-bond acceptors (Lipinski definition) is 9. The van der Waals surface area contributed by atoms with Gasteiger partial charge in [0.1, 0.15) is 35.4 Å². The summed E-state index contributed by atoms with van der Waals surface area (Å²) in [6.45, 7) is 9.39. The zero-order valence-electron chi connectivity index (χ0n) is 31.3. The molecule has 11 heteroatoms. The Kier molecular flexibility index (Phi) is 15.1. The lowest BCUT2D eigenvalue weighted by molar-refractivity contribution is -0.0726. The number of ether oxygens (including phenoxy) is 5. The quantitative estimate of drug-likeness (QED) is 0.0527. The van der Waals surface area contributed by atoms with E-state index in [-0.39, 0.29) is 44.9 Å². The van der Waals surface area contributed by atoms with Gasteiger partial charge < -0.3 is 32.7 Å². The molecule has 0 saturated carbocycles. The Morgan fingerprint density at radius 2 is 1.40 bits per heavy atom. The van der Waals surface area contributed by atoms with E-state index < -0.39 is 32.4 Å². The topological polar surface area (TPSA) is 91.6 Å². The normalized spacial score (nSPS) is 18.0. The predicted molar refractivity (Wildman–Crippen MR) is 208 cm³/mol. The van der Waals surface area contributed by atoms with Crippen LogP contribution in [0, 0.1) is 11.3 Å². The molecule has 0 N–H and O–H groups in total. The Morgan fingerprint density at radius 1 is 0.830 bits per heavy atom. The third kappa shape index (κ3) is 9.96. The van der Waals surface area contributed by atoms with E-state index in [9.17, 15) is 5.26 Å². The van der Waals surface area contributed by atoms with E-state index in [1.54, 1.807) is 14.2 Å². The fourth-order valence-corrected chi connectivity index (χ4v) is 8.54. The number of benzene rings is 4. The summed E-state index contributed by atoms with van der Waals surface area (Å²) in [6.07, 6.45) is -1.34. The number of nitrogens with zero attached hydrogens (tertiary/aromatic N) is 2. The maximum Gasteiger partial charge on any atom is 0.259 e. The van der Waals surface area contributed by atoms with Gasteiger partial charge in [0, 0.05) is 17.1 Å². The van der Waals surface area contributed by atoms with Crippen molar-refractivity contribution >= 4 is 20.1 Å². The summed E-state index contributed by atoms with van der Waals surface area (Å²) in [4.78, 5) is 0. The highest BCUT2D eigenvalue weighted by Gasteiger charge is 2.46. The highest BCUT2D eigenvalue weighted by Crippen LogP contribution is 2.50. The summed E-state index contributed by atoms with van der Waals surface area (Å²) in [5.74, 6) is 1.47. The van der Waals surface area contributed by atoms with Crippen LogP contribution < -0.4 is 9.47 Å². The Balaban J connectivity index is 1.54. The van der Waals surface area contributed by atoms with Crippen molar-refractivity contribution in [2.45, 2.75) is 76.7 Å². The smallest absolute Gasteiger partial charge is 0.259 e. The molecule has 0 radical (unpaired) electrons. The molecule has 4 aromatic carbocycles. The van der Waals surface area contributed by atoms with Gasteiger partial charge in [-0.25, -0.2) is 4.67 Å². The minimum Gasteiger partial charge on any atom is -0.497 e.